The van der Waals surface area contributed by atoms with Crippen LogP contribution in [-0.4, -0.2) is 16.7 Å². The zero-order chi connectivity index (χ0) is 16.4. The van der Waals surface area contributed by atoms with Crippen LogP contribution in [0.2, 0.25) is 0 Å². The Morgan fingerprint density at radius 2 is 1.88 bits per heavy atom. The van der Waals surface area contributed by atoms with Crippen molar-refractivity contribution in [1.82, 2.24) is 10.1 Å². The molecule has 1 aliphatic rings. The van der Waals surface area contributed by atoms with Gasteiger partial charge in [-0.05, 0) is 23.1 Å². The van der Waals surface area contributed by atoms with E-state index in [-0.39, 0.29) is 18.5 Å². The molecule has 0 spiro atoms. The SMILES string of the molecule is Cl.NCc1ccc(-c2noc(CC3OCCc4ccccc43)n2)cc1. The van der Waals surface area contributed by atoms with E-state index in [9.17, 15) is 0 Å². The molecule has 25 heavy (non-hydrogen) atoms. The fraction of sp³-hybridized carbons (Fsp3) is 0.263. The molecule has 1 aliphatic heterocycles. The molecular weight excluding hydrogens is 338 g/mol. The fourth-order valence-electron chi connectivity index (χ4n) is 3.05. The first-order valence-corrected chi connectivity index (χ1v) is 8.15. The number of rotatable bonds is 4. The Balaban J connectivity index is 0.00000182. The summed E-state index contributed by atoms with van der Waals surface area (Å²) in [4.78, 5) is 4.51. The number of hydrogen-bond donors (Lipinski definition) is 1. The Labute approximate surface area is 152 Å². The highest BCUT2D eigenvalue weighted by molar-refractivity contribution is 5.85. The molecule has 2 aromatic carbocycles. The minimum atomic E-state index is -0.0251. The molecule has 2 N–H and O–H groups in total. The van der Waals surface area contributed by atoms with E-state index < -0.39 is 0 Å². The third kappa shape index (κ3) is 3.74. The normalized spacial score (nSPS) is 16.1. The number of hydrogen-bond acceptors (Lipinski definition) is 5. The van der Waals surface area contributed by atoms with Gasteiger partial charge in [0.15, 0.2) is 0 Å². The Hall–Kier alpha value is -2.21. The molecule has 1 unspecified atom stereocenters. The van der Waals surface area contributed by atoms with Crippen LogP contribution in [-0.2, 0) is 24.1 Å². The Bertz CT molecular complexity index is 833. The van der Waals surface area contributed by atoms with Crippen LogP contribution >= 0.6 is 12.4 Å². The van der Waals surface area contributed by atoms with Crippen LogP contribution in [0.4, 0.5) is 0 Å². The summed E-state index contributed by atoms with van der Waals surface area (Å²) >= 11 is 0. The van der Waals surface area contributed by atoms with E-state index in [1.807, 2.05) is 30.3 Å². The third-order valence-electron chi connectivity index (χ3n) is 4.37. The Kier molecular flexibility index (Phi) is 5.48. The standard InChI is InChI=1S/C19H19N3O2.ClH/c20-12-13-5-7-15(8-6-13)19-21-18(24-22-19)11-17-16-4-2-1-3-14(16)9-10-23-17;/h1-8,17H,9-12,20H2;1H. The second-order valence-electron chi connectivity index (χ2n) is 5.93. The molecular formula is C19H20ClN3O2. The summed E-state index contributed by atoms with van der Waals surface area (Å²) in [6.07, 6.45) is 1.52. The monoisotopic (exact) mass is 357 g/mol. The van der Waals surface area contributed by atoms with Crippen molar-refractivity contribution in [2.24, 2.45) is 5.73 Å². The van der Waals surface area contributed by atoms with E-state index >= 15 is 0 Å². The molecule has 2 heterocycles. The maximum absolute atomic E-state index is 5.91. The smallest absolute Gasteiger partial charge is 0.229 e. The molecule has 130 valence electrons. The minimum absolute atomic E-state index is 0. The van der Waals surface area contributed by atoms with Gasteiger partial charge in [0.2, 0.25) is 11.7 Å². The second kappa shape index (κ2) is 7.78. The molecule has 5 nitrogen and oxygen atoms in total. The largest absolute Gasteiger partial charge is 0.373 e. The van der Waals surface area contributed by atoms with Crippen LogP contribution in [0.15, 0.2) is 53.1 Å². The van der Waals surface area contributed by atoms with Crippen molar-refractivity contribution in [2.75, 3.05) is 6.61 Å². The predicted octanol–water partition coefficient (Wildman–Crippen LogP) is 3.47. The van der Waals surface area contributed by atoms with Gasteiger partial charge in [-0.1, -0.05) is 53.7 Å². The van der Waals surface area contributed by atoms with Crippen LogP contribution < -0.4 is 5.73 Å². The van der Waals surface area contributed by atoms with E-state index in [1.165, 1.54) is 11.1 Å². The van der Waals surface area contributed by atoms with Crippen molar-refractivity contribution >= 4 is 12.4 Å². The quantitative estimate of drug-likeness (QED) is 0.773. The fourth-order valence-corrected chi connectivity index (χ4v) is 3.05. The van der Waals surface area contributed by atoms with Crippen LogP contribution in [0.5, 0.6) is 0 Å². The zero-order valence-electron chi connectivity index (χ0n) is 13.7. The number of benzene rings is 2. The Morgan fingerprint density at radius 3 is 2.68 bits per heavy atom. The van der Waals surface area contributed by atoms with Gasteiger partial charge in [0.05, 0.1) is 19.1 Å². The zero-order valence-corrected chi connectivity index (χ0v) is 14.5. The minimum Gasteiger partial charge on any atom is -0.373 e. The van der Waals surface area contributed by atoms with Gasteiger partial charge in [-0.25, -0.2) is 0 Å². The number of nitrogens with two attached hydrogens (primary N) is 1. The highest BCUT2D eigenvalue weighted by Gasteiger charge is 2.23. The molecule has 0 bridgehead atoms. The lowest BCUT2D eigenvalue weighted by atomic mass is 9.96. The highest BCUT2D eigenvalue weighted by Crippen LogP contribution is 2.30. The molecule has 0 aliphatic carbocycles. The van der Waals surface area contributed by atoms with Gasteiger partial charge in [-0.2, -0.15) is 4.98 Å². The highest BCUT2D eigenvalue weighted by atomic mass is 35.5. The first-order valence-electron chi connectivity index (χ1n) is 8.15. The predicted molar refractivity (Wildman–Crippen MR) is 97.4 cm³/mol. The number of ether oxygens (including phenoxy) is 1. The first-order chi connectivity index (χ1) is 11.8. The molecule has 1 aromatic heterocycles. The number of aromatic nitrogens is 2. The van der Waals surface area contributed by atoms with Crippen molar-refractivity contribution in [3.63, 3.8) is 0 Å². The lowest BCUT2D eigenvalue weighted by Gasteiger charge is -2.24. The van der Waals surface area contributed by atoms with Crippen LogP contribution in [0.1, 0.15) is 28.7 Å². The van der Waals surface area contributed by atoms with Crippen LogP contribution in [0.25, 0.3) is 11.4 Å². The van der Waals surface area contributed by atoms with Gasteiger partial charge in [0.25, 0.3) is 0 Å². The average molecular weight is 358 g/mol. The summed E-state index contributed by atoms with van der Waals surface area (Å²) in [5.74, 6) is 1.19. The maximum Gasteiger partial charge on any atom is 0.229 e. The van der Waals surface area contributed by atoms with Gasteiger partial charge in [-0.3, -0.25) is 0 Å². The van der Waals surface area contributed by atoms with E-state index in [0.717, 1.165) is 24.2 Å². The summed E-state index contributed by atoms with van der Waals surface area (Å²) in [6.45, 7) is 1.25. The molecule has 0 saturated carbocycles. The molecule has 3 aromatic rings. The molecule has 4 rings (SSSR count). The van der Waals surface area contributed by atoms with Gasteiger partial charge in [0.1, 0.15) is 0 Å². The number of fused-ring (bicyclic) bond motifs is 1. The second-order valence-corrected chi connectivity index (χ2v) is 5.93. The van der Waals surface area contributed by atoms with Crippen LogP contribution in [0.3, 0.4) is 0 Å². The maximum atomic E-state index is 5.91. The summed E-state index contributed by atoms with van der Waals surface area (Å²) < 4.78 is 11.3. The van der Waals surface area contributed by atoms with Crippen LogP contribution in [0, 0.1) is 0 Å². The van der Waals surface area contributed by atoms with E-state index in [0.29, 0.717) is 24.7 Å². The molecule has 0 fully saturated rings. The summed E-state index contributed by atoms with van der Waals surface area (Å²) in [5.41, 5.74) is 10.2. The van der Waals surface area contributed by atoms with Gasteiger partial charge in [0, 0.05) is 12.1 Å². The van der Waals surface area contributed by atoms with E-state index in [4.69, 9.17) is 15.0 Å². The van der Waals surface area contributed by atoms with Crippen molar-refractivity contribution in [1.29, 1.82) is 0 Å². The molecule has 0 amide bonds. The summed E-state index contributed by atoms with van der Waals surface area (Å²) in [7, 11) is 0. The summed E-state index contributed by atoms with van der Waals surface area (Å²) in [5, 5.41) is 4.09. The molecule has 6 heteroatoms. The number of nitrogens with zero attached hydrogens (tertiary/aromatic N) is 2. The van der Waals surface area contributed by atoms with Crippen molar-refractivity contribution < 1.29 is 9.26 Å². The Morgan fingerprint density at radius 1 is 1.08 bits per heavy atom. The topological polar surface area (TPSA) is 74.2 Å². The van der Waals surface area contributed by atoms with Gasteiger partial charge >= 0.3 is 0 Å². The van der Waals surface area contributed by atoms with Gasteiger partial charge < -0.3 is 15.0 Å². The lowest BCUT2D eigenvalue weighted by molar-refractivity contribution is 0.0375. The van der Waals surface area contributed by atoms with Gasteiger partial charge in [-0.15, -0.1) is 12.4 Å². The molecule has 0 radical (unpaired) electrons. The van der Waals surface area contributed by atoms with Crippen molar-refractivity contribution in [3.8, 4) is 11.4 Å². The molecule has 0 saturated heterocycles. The number of halogens is 1. The third-order valence-corrected chi connectivity index (χ3v) is 4.37. The van der Waals surface area contributed by atoms with Crippen molar-refractivity contribution in [2.45, 2.75) is 25.5 Å². The first kappa shape index (κ1) is 17.6. The van der Waals surface area contributed by atoms with E-state index in [2.05, 4.69) is 28.3 Å². The average Bonchev–Trinajstić information content (AvgIpc) is 3.11. The molecule has 1 atom stereocenters. The van der Waals surface area contributed by atoms with Crippen molar-refractivity contribution in [3.05, 3.63) is 71.1 Å². The lowest BCUT2D eigenvalue weighted by Crippen LogP contribution is -2.18. The van der Waals surface area contributed by atoms with E-state index in [1.54, 1.807) is 0 Å². The summed E-state index contributed by atoms with van der Waals surface area (Å²) in [6, 6.07) is 16.3.